The number of nitrogens with two attached hydrogens (primary N) is 1. The van der Waals surface area contributed by atoms with Crippen LogP contribution in [0.1, 0.15) is 46.5 Å². The van der Waals surface area contributed by atoms with E-state index >= 15 is 0 Å². The number of rotatable bonds is 1. The van der Waals surface area contributed by atoms with Crippen LogP contribution in [0.2, 0.25) is 0 Å². The van der Waals surface area contributed by atoms with E-state index < -0.39 is 11.1 Å². The third-order valence-electron chi connectivity index (χ3n) is 3.36. The summed E-state index contributed by atoms with van der Waals surface area (Å²) in [6, 6.07) is 0.799. The number of hydrogen-bond donors (Lipinski definition) is 2. The summed E-state index contributed by atoms with van der Waals surface area (Å²) in [5.74, 6) is -0.238. The van der Waals surface area contributed by atoms with Crippen LogP contribution in [0.25, 0.3) is 0 Å². The Morgan fingerprint density at radius 1 is 1.31 bits per heavy atom. The van der Waals surface area contributed by atoms with Crippen molar-refractivity contribution in [2.45, 2.75) is 69.7 Å². The Morgan fingerprint density at radius 2 is 1.81 bits per heavy atom. The molecule has 2 fully saturated rings. The first-order valence-corrected chi connectivity index (χ1v) is 6.07. The number of ether oxygens (including phenoxy) is 1. The summed E-state index contributed by atoms with van der Waals surface area (Å²) in [6.07, 6.45) is 3.68. The zero-order chi connectivity index (χ0) is 12.0. The molecule has 0 radical (unpaired) electrons. The van der Waals surface area contributed by atoms with Gasteiger partial charge in [0.15, 0.2) is 0 Å². The molecular weight excluding hydrogens is 204 g/mol. The maximum absolute atomic E-state index is 12.1. The van der Waals surface area contributed by atoms with Crippen LogP contribution < -0.4 is 11.1 Å². The summed E-state index contributed by atoms with van der Waals surface area (Å²) in [6.45, 7) is 5.64. The van der Waals surface area contributed by atoms with Gasteiger partial charge in [0.25, 0.3) is 0 Å². The van der Waals surface area contributed by atoms with E-state index in [0.717, 1.165) is 12.8 Å². The predicted octanol–water partition coefficient (Wildman–Crippen LogP) is 0.940. The fourth-order valence-corrected chi connectivity index (χ4v) is 2.73. The zero-order valence-corrected chi connectivity index (χ0v) is 10.4. The Hall–Kier alpha value is -0.610. The van der Waals surface area contributed by atoms with Crippen LogP contribution >= 0.6 is 0 Å². The van der Waals surface area contributed by atoms with Crippen LogP contribution in [0.4, 0.5) is 0 Å². The molecule has 2 heterocycles. The largest absolute Gasteiger partial charge is 0.459 e. The van der Waals surface area contributed by atoms with Gasteiger partial charge in [-0.05, 0) is 46.5 Å². The second-order valence-electron chi connectivity index (χ2n) is 6.20. The molecule has 4 nitrogen and oxygen atoms in total. The highest BCUT2D eigenvalue weighted by molar-refractivity contribution is 5.81. The fraction of sp³-hybridized carbons (Fsp3) is 0.917. The lowest BCUT2D eigenvalue weighted by Gasteiger charge is -2.37. The first-order valence-electron chi connectivity index (χ1n) is 6.07. The van der Waals surface area contributed by atoms with E-state index in [4.69, 9.17) is 10.5 Å². The van der Waals surface area contributed by atoms with Gasteiger partial charge in [0.05, 0.1) is 0 Å². The quantitative estimate of drug-likeness (QED) is 0.653. The molecule has 2 aliphatic heterocycles. The fourth-order valence-electron chi connectivity index (χ4n) is 2.73. The van der Waals surface area contributed by atoms with Crippen molar-refractivity contribution in [3.63, 3.8) is 0 Å². The normalized spacial score (nSPS) is 38.5. The van der Waals surface area contributed by atoms with E-state index in [9.17, 15) is 4.79 Å². The first-order chi connectivity index (χ1) is 7.28. The topological polar surface area (TPSA) is 64.3 Å². The molecule has 92 valence electrons. The van der Waals surface area contributed by atoms with Crippen LogP contribution in [0, 0.1) is 0 Å². The number of hydrogen-bond acceptors (Lipinski definition) is 4. The molecule has 0 saturated carbocycles. The molecular formula is C12H22N2O2. The second-order valence-corrected chi connectivity index (χ2v) is 6.20. The molecule has 2 aliphatic rings. The average Bonchev–Trinajstić information content (AvgIpc) is 2.43. The van der Waals surface area contributed by atoms with E-state index in [0.29, 0.717) is 24.9 Å². The smallest absolute Gasteiger partial charge is 0.326 e. The van der Waals surface area contributed by atoms with Crippen molar-refractivity contribution in [2.24, 2.45) is 5.73 Å². The molecule has 2 rings (SSSR count). The molecule has 3 atom stereocenters. The number of piperidine rings is 1. The van der Waals surface area contributed by atoms with Crippen molar-refractivity contribution in [1.29, 1.82) is 0 Å². The lowest BCUT2D eigenvalue weighted by molar-refractivity contribution is -0.163. The lowest BCUT2D eigenvalue weighted by Crippen LogP contribution is -2.60. The molecule has 0 spiro atoms. The van der Waals surface area contributed by atoms with E-state index in [1.165, 1.54) is 0 Å². The highest BCUT2D eigenvalue weighted by Crippen LogP contribution is 2.33. The molecule has 2 saturated heterocycles. The molecule has 16 heavy (non-hydrogen) atoms. The van der Waals surface area contributed by atoms with Gasteiger partial charge < -0.3 is 15.8 Å². The summed E-state index contributed by atoms with van der Waals surface area (Å²) in [5, 5.41) is 3.48. The van der Waals surface area contributed by atoms with Crippen molar-refractivity contribution in [3.8, 4) is 0 Å². The first kappa shape index (κ1) is 11.9. The van der Waals surface area contributed by atoms with Gasteiger partial charge >= 0.3 is 5.97 Å². The predicted molar refractivity (Wildman–Crippen MR) is 61.9 cm³/mol. The summed E-state index contributed by atoms with van der Waals surface area (Å²) in [7, 11) is 0. The van der Waals surface area contributed by atoms with Gasteiger partial charge in [0, 0.05) is 12.1 Å². The number of carbonyl (C=O) groups is 1. The maximum Gasteiger partial charge on any atom is 0.326 e. The minimum atomic E-state index is -0.773. The molecule has 0 amide bonds. The third-order valence-corrected chi connectivity index (χ3v) is 3.36. The van der Waals surface area contributed by atoms with Gasteiger partial charge in [-0.2, -0.15) is 0 Å². The number of nitrogens with one attached hydrogen (secondary N) is 1. The Bertz CT molecular complexity index is 284. The summed E-state index contributed by atoms with van der Waals surface area (Å²) >= 11 is 0. The van der Waals surface area contributed by atoms with E-state index in [2.05, 4.69) is 5.32 Å². The lowest BCUT2D eigenvalue weighted by atomic mass is 9.85. The van der Waals surface area contributed by atoms with Crippen molar-refractivity contribution in [2.75, 3.05) is 0 Å². The molecule has 0 aromatic carbocycles. The van der Waals surface area contributed by atoms with Crippen LogP contribution in [0.5, 0.6) is 0 Å². The van der Waals surface area contributed by atoms with Crippen molar-refractivity contribution < 1.29 is 9.53 Å². The van der Waals surface area contributed by atoms with E-state index in [-0.39, 0.29) is 5.97 Å². The van der Waals surface area contributed by atoms with Crippen molar-refractivity contribution in [1.82, 2.24) is 5.32 Å². The highest BCUT2D eigenvalue weighted by Gasteiger charge is 2.47. The Balaban J connectivity index is 2.05. The Morgan fingerprint density at radius 3 is 2.25 bits per heavy atom. The minimum absolute atomic E-state index is 0.238. The average molecular weight is 226 g/mol. The maximum atomic E-state index is 12.1. The zero-order valence-electron chi connectivity index (χ0n) is 10.4. The van der Waals surface area contributed by atoms with Gasteiger partial charge in [-0.1, -0.05) is 0 Å². The third kappa shape index (κ3) is 2.38. The monoisotopic (exact) mass is 226 g/mol. The Kier molecular flexibility index (Phi) is 2.75. The van der Waals surface area contributed by atoms with Crippen molar-refractivity contribution in [3.05, 3.63) is 0 Å². The second kappa shape index (κ2) is 3.70. The van der Waals surface area contributed by atoms with Crippen LogP contribution in [-0.2, 0) is 9.53 Å². The summed E-state index contributed by atoms with van der Waals surface area (Å²) in [4.78, 5) is 12.1. The van der Waals surface area contributed by atoms with E-state index in [1.54, 1.807) is 0 Å². The molecule has 4 heteroatoms. The molecule has 0 aliphatic carbocycles. The Labute approximate surface area is 96.9 Å². The molecule has 0 aromatic rings. The summed E-state index contributed by atoms with van der Waals surface area (Å²) in [5.41, 5.74) is 4.99. The van der Waals surface area contributed by atoms with Gasteiger partial charge in [0.2, 0.25) is 0 Å². The van der Waals surface area contributed by atoms with E-state index in [1.807, 2.05) is 20.8 Å². The molecule has 0 aromatic heterocycles. The molecule has 2 bridgehead atoms. The van der Waals surface area contributed by atoms with Crippen LogP contribution in [0.3, 0.4) is 0 Å². The summed E-state index contributed by atoms with van der Waals surface area (Å²) < 4.78 is 5.41. The standard InChI is InChI=1S/C12H22N2O2/c1-11(2,3)16-10(15)12(13)6-8-4-5-9(7-12)14-8/h8-9,14H,4-7,13H2,1-3H3/t8-,9+,12?. The SMILES string of the molecule is CC(C)(C)OC(=O)C1(N)C[C@H]2CC[C@@H](C1)N2. The minimum Gasteiger partial charge on any atom is -0.459 e. The van der Waals surface area contributed by atoms with Gasteiger partial charge in [0.1, 0.15) is 11.1 Å². The van der Waals surface area contributed by atoms with Gasteiger partial charge in [-0.3, -0.25) is 4.79 Å². The molecule has 3 N–H and O–H groups in total. The van der Waals surface area contributed by atoms with Gasteiger partial charge in [-0.25, -0.2) is 0 Å². The number of fused-ring (bicyclic) bond motifs is 2. The van der Waals surface area contributed by atoms with Crippen molar-refractivity contribution >= 4 is 5.97 Å². The number of carbonyl (C=O) groups excluding carboxylic acids is 1. The van der Waals surface area contributed by atoms with Crippen LogP contribution in [0.15, 0.2) is 0 Å². The van der Waals surface area contributed by atoms with Crippen LogP contribution in [-0.4, -0.2) is 29.2 Å². The number of esters is 1. The highest BCUT2D eigenvalue weighted by atomic mass is 16.6. The van der Waals surface area contributed by atoms with Gasteiger partial charge in [-0.15, -0.1) is 0 Å². The molecule has 1 unspecified atom stereocenters.